The van der Waals surface area contributed by atoms with Crippen LogP contribution in [0.2, 0.25) is 5.02 Å². The average molecular weight is 533 g/mol. The summed E-state index contributed by atoms with van der Waals surface area (Å²) in [5.74, 6) is -0.653. The maximum Gasteiger partial charge on any atom is 0.332 e. The first kappa shape index (κ1) is 25.8. The number of Topliss-reactive ketones (excluding diaryl/α,β-unsaturated/α-hetero) is 1. The minimum absolute atomic E-state index is 0.0438. The summed E-state index contributed by atoms with van der Waals surface area (Å²) in [6.45, 7) is 1.26. The summed E-state index contributed by atoms with van der Waals surface area (Å²) in [5.41, 5.74) is 5.41. The van der Waals surface area contributed by atoms with Crippen molar-refractivity contribution in [2.75, 3.05) is 38.5 Å². The number of piperazine rings is 1. The fraction of sp³-hybridized carbons (Fsp3) is 0.292. The second kappa shape index (κ2) is 10.4. The SMILES string of the molecule is Cn1c(=O)c(C(=O)C[NH+]2CCN(S(=O)(=O)c3ccc(Cl)cc3)CC2)c(N)n(Cc2ccccc2)c1=O. The number of halogens is 1. The number of carbonyl (C=O) groups is 1. The zero-order valence-electron chi connectivity index (χ0n) is 19.7. The van der Waals surface area contributed by atoms with Crippen LogP contribution < -0.4 is 21.9 Å². The first-order valence-corrected chi connectivity index (χ1v) is 13.2. The van der Waals surface area contributed by atoms with Gasteiger partial charge >= 0.3 is 5.69 Å². The predicted molar refractivity (Wildman–Crippen MR) is 136 cm³/mol. The first-order chi connectivity index (χ1) is 17.1. The van der Waals surface area contributed by atoms with Gasteiger partial charge in [0.1, 0.15) is 17.9 Å². The number of quaternary nitrogens is 1. The Morgan fingerprint density at radius 2 is 1.64 bits per heavy atom. The Morgan fingerprint density at radius 3 is 2.25 bits per heavy atom. The monoisotopic (exact) mass is 532 g/mol. The van der Waals surface area contributed by atoms with Gasteiger partial charge in [-0.15, -0.1) is 0 Å². The summed E-state index contributed by atoms with van der Waals surface area (Å²) >= 11 is 5.86. The van der Waals surface area contributed by atoms with Crippen LogP contribution in [0.5, 0.6) is 0 Å². The van der Waals surface area contributed by atoms with Crippen LogP contribution in [0.3, 0.4) is 0 Å². The Labute approximate surface area is 213 Å². The van der Waals surface area contributed by atoms with Crippen molar-refractivity contribution >= 4 is 33.2 Å². The minimum atomic E-state index is -3.68. The Bertz CT molecular complexity index is 1490. The highest BCUT2D eigenvalue weighted by Gasteiger charge is 2.32. The molecule has 0 saturated carbocycles. The number of nitrogens with one attached hydrogen (secondary N) is 1. The number of ketones is 1. The normalized spacial score (nSPS) is 15.2. The van der Waals surface area contributed by atoms with Gasteiger partial charge < -0.3 is 10.6 Å². The lowest BCUT2D eigenvalue weighted by molar-refractivity contribution is -0.895. The fourth-order valence-electron chi connectivity index (χ4n) is 4.25. The van der Waals surface area contributed by atoms with Crippen molar-refractivity contribution in [3.05, 3.63) is 91.6 Å². The van der Waals surface area contributed by atoms with E-state index in [-0.39, 0.29) is 42.5 Å². The van der Waals surface area contributed by atoms with E-state index in [2.05, 4.69) is 0 Å². The summed E-state index contributed by atoms with van der Waals surface area (Å²) in [5, 5.41) is 0.447. The fourth-order valence-corrected chi connectivity index (χ4v) is 5.82. The summed E-state index contributed by atoms with van der Waals surface area (Å²) in [7, 11) is -2.36. The summed E-state index contributed by atoms with van der Waals surface area (Å²) in [4.78, 5) is 39.7. The molecule has 4 rings (SSSR count). The van der Waals surface area contributed by atoms with Crippen LogP contribution in [0.1, 0.15) is 15.9 Å². The van der Waals surface area contributed by atoms with Crippen molar-refractivity contribution in [3.63, 3.8) is 0 Å². The van der Waals surface area contributed by atoms with Crippen molar-refractivity contribution in [1.82, 2.24) is 13.4 Å². The molecular formula is C24H27ClN5O5S+. The number of hydrogen-bond donors (Lipinski definition) is 2. The minimum Gasteiger partial charge on any atom is -0.384 e. The van der Waals surface area contributed by atoms with Gasteiger partial charge in [0.25, 0.3) is 5.56 Å². The smallest absolute Gasteiger partial charge is 0.332 e. The van der Waals surface area contributed by atoms with Gasteiger partial charge in [0.15, 0.2) is 0 Å². The molecule has 2 heterocycles. The van der Waals surface area contributed by atoms with Gasteiger partial charge in [0, 0.05) is 12.1 Å². The number of aromatic nitrogens is 2. The molecule has 10 nitrogen and oxygen atoms in total. The van der Waals surface area contributed by atoms with Crippen molar-refractivity contribution < 1.29 is 18.1 Å². The number of nitrogens with zero attached hydrogens (tertiary/aromatic N) is 3. The van der Waals surface area contributed by atoms with Gasteiger partial charge in [-0.05, 0) is 29.8 Å². The highest BCUT2D eigenvalue weighted by atomic mass is 35.5. The van der Waals surface area contributed by atoms with E-state index in [9.17, 15) is 22.8 Å². The van der Waals surface area contributed by atoms with E-state index in [1.807, 2.05) is 30.3 Å². The third-order valence-electron chi connectivity index (χ3n) is 6.34. The molecule has 1 aliphatic heterocycles. The molecule has 0 bridgehead atoms. The second-order valence-corrected chi connectivity index (χ2v) is 11.1. The van der Waals surface area contributed by atoms with E-state index < -0.39 is 27.1 Å². The maximum atomic E-state index is 13.2. The number of benzene rings is 2. The van der Waals surface area contributed by atoms with E-state index in [1.165, 1.54) is 40.2 Å². The van der Waals surface area contributed by atoms with Crippen molar-refractivity contribution in [2.24, 2.45) is 7.05 Å². The molecule has 1 saturated heterocycles. The van der Waals surface area contributed by atoms with Crippen molar-refractivity contribution in [2.45, 2.75) is 11.4 Å². The van der Waals surface area contributed by atoms with Gasteiger partial charge in [0.05, 0.1) is 37.6 Å². The lowest BCUT2D eigenvalue weighted by Crippen LogP contribution is -3.15. The third kappa shape index (κ3) is 5.14. The first-order valence-electron chi connectivity index (χ1n) is 11.4. The largest absolute Gasteiger partial charge is 0.384 e. The molecule has 190 valence electrons. The molecule has 2 aromatic carbocycles. The number of sulfonamides is 1. The van der Waals surface area contributed by atoms with Crippen LogP contribution in [0.25, 0.3) is 0 Å². The number of carbonyl (C=O) groups excluding carboxylic acids is 1. The highest BCUT2D eigenvalue weighted by Crippen LogP contribution is 2.18. The zero-order chi connectivity index (χ0) is 26.0. The summed E-state index contributed by atoms with van der Waals surface area (Å²) in [6.07, 6.45) is 0. The molecule has 36 heavy (non-hydrogen) atoms. The van der Waals surface area contributed by atoms with Crippen molar-refractivity contribution in [1.29, 1.82) is 0 Å². The standard InChI is InChI=1S/C24H26ClN5O5S/c1-27-23(32)21(22(26)30(24(27)33)15-17-5-3-2-4-6-17)20(31)16-28-11-13-29(14-12-28)36(34,35)19-9-7-18(25)8-10-19/h2-10H,11-16,26H2,1H3/p+1. The Kier molecular flexibility index (Phi) is 7.46. The molecule has 1 fully saturated rings. The summed E-state index contributed by atoms with van der Waals surface area (Å²) in [6, 6.07) is 15.1. The van der Waals surface area contributed by atoms with Crippen LogP contribution in [0.15, 0.2) is 69.1 Å². The van der Waals surface area contributed by atoms with Gasteiger partial charge in [-0.3, -0.25) is 18.7 Å². The third-order valence-corrected chi connectivity index (χ3v) is 8.50. The molecular weight excluding hydrogens is 506 g/mol. The Morgan fingerprint density at radius 1 is 1.03 bits per heavy atom. The number of anilines is 1. The van der Waals surface area contributed by atoms with Gasteiger partial charge in [0.2, 0.25) is 15.8 Å². The lowest BCUT2D eigenvalue weighted by Gasteiger charge is -2.31. The number of hydrogen-bond acceptors (Lipinski definition) is 6. The Hall–Kier alpha value is -3.25. The van der Waals surface area contributed by atoms with Gasteiger partial charge in [-0.25, -0.2) is 13.2 Å². The highest BCUT2D eigenvalue weighted by molar-refractivity contribution is 7.89. The van der Waals surface area contributed by atoms with E-state index in [0.29, 0.717) is 18.1 Å². The molecule has 0 unspecified atom stereocenters. The van der Waals surface area contributed by atoms with Crippen molar-refractivity contribution in [3.8, 4) is 0 Å². The molecule has 0 spiro atoms. The van der Waals surface area contributed by atoms with Crippen LogP contribution in [0, 0.1) is 0 Å². The van der Waals surface area contributed by atoms with Crippen LogP contribution >= 0.6 is 11.6 Å². The second-order valence-electron chi connectivity index (χ2n) is 8.69. The molecule has 1 aromatic heterocycles. The molecule has 12 heteroatoms. The molecule has 1 aliphatic rings. The van der Waals surface area contributed by atoms with E-state index in [4.69, 9.17) is 17.3 Å². The molecule has 0 aliphatic carbocycles. The maximum absolute atomic E-state index is 13.2. The predicted octanol–water partition coefficient (Wildman–Crippen LogP) is -0.397. The van der Waals surface area contributed by atoms with Crippen LogP contribution in [0.4, 0.5) is 5.82 Å². The Balaban J connectivity index is 1.50. The van der Waals surface area contributed by atoms with Gasteiger partial charge in [-0.2, -0.15) is 4.31 Å². The van der Waals surface area contributed by atoms with E-state index >= 15 is 0 Å². The number of nitrogen functional groups attached to an aromatic ring is 1. The molecule has 3 aromatic rings. The van der Waals surface area contributed by atoms with Crippen LogP contribution in [-0.2, 0) is 23.6 Å². The quantitative estimate of drug-likeness (QED) is 0.399. The molecule has 0 radical (unpaired) electrons. The zero-order valence-corrected chi connectivity index (χ0v) is 21.3. The van der Waals surface area contributed by atoms with E-state index in [0.717, 1.165) is 15.0 Å². The average Bonchev–Trinajstić information content (AvgIpc) is 2.87. The van der Waals surface area contributed by atoms with Gasteiger partial charge in [-0.1, -0.05) is 41.9 Å². The summed E-state index contributed by atoms with van der Waals surface area (Å²) < 4.78 is 29.3. The number of rotatable bonds is 7. The van der Waals surface area contributed by atoms with E-state index in [1.54, 1.807) is 0 Å². The molecule has 0 atom stereocenters. The van der Waals surface area contributed by atoms with Crippen LogP contribution in [-0.4, -0.2) is 60.4 Å². The lowest BCUT2D eigenvalue weighted by atomic mass is 10.1. The number of nitrogens with two attached hydrogens (primary N) is 1. The molecule has 0 amide bonds. The topological polar surface area (TPSA) is 129 Å². The molecule has 3 N–H and O–H groups in total.